The van der Waals surface area contributed by atoms with Gasteiger partial charge in [-0.15, -0.1) is 0 Å². The molecule has 6 nitrogen and oxygen atoms in total. The molecule has 1 N–H and O–H groups in total. The molecular formula is C21H24N2O4. The molecule has 1 aromatic heterocycles. The molecule has 2 heterocycles. The molecule has 27 heavy (non-hydrogen) atoms. The molecule has 0 saturated carbocycles. The van der Waals surface area contributed by atoms with E-state index in [1.807, 2.05) is 26.0 Å². The number of benzene rings is 1. The molecular weight excluding hydrogens is 344 g/mol. The molecule has 2 aromatic rings. The van der Waals surface area contributed by atoms with Crippen LogP contribution in [0, 0.1) is 13.8 Å². The van der Waals surface area contributed by atoms with Crippen LogP contribution in [0.25, 0.3) is 0 Å². The fraction of sp³-hybridized carbons (Fsp3) is 0.381. The third-order valence-corrected chi connectivity index (χ3v) is 4.86. The highest BCUT2D eigenvalue weighted by Crippen LogP contribution is 2.28. The third kappa shape index (κ3) is 4.27. The number of aryl methyl sites for hydroxylation is 2. The first-order valence-electron chi connectivity index (χ1n) is 9.14. The summed E-state index contributed by atoms with van der Waals surface area (Å²) in [5, 5.41) is 9.42. The summed E-state index contributed by atoms with van der Waals surface area (Å²) in [6, 6.07) is 6.62. The van der Waals surface area contributed by atoms with Gasteiger partial charge in [0.1, 0.15) is 18.4 Å². The fourth-order valence-corrected chi connectivity index (χ4v) is 3.54. The van der Waals surface area contributed by atoms with Crippen LogP contribution >= 0.6 is 0 Å². The van der Waals surface area contributed by atoms with E-state index in [0.717, 1.165) is 35.3 Å². The number of nitrogens with zero attached hydrogens (tertiary/aromatic N) is 2. The Balaban J connectivity index is 1.79. The van der Waals surface area contributed by atoms with Crippen LogP contribution in [0.2, 0.25) is 0 Å². The van der Waals surface area contributed by atoms with Gasteiger partial charge >= 0.3 is 5.97 Å². The summed E-state index contributed by atoms with van der Waals surface area (Å²) in [4.78, 5) is 30.0. The lowest BCUT2D eigenvalue weighted by molar-refractivity contribution is -0.143. The minimum atomic E-state index is -0.937. The number of piperidine rings is 1. The van der Waals surface area contributed by atoms with Crippen LogP contribution < -0.4 is 4.74 Å². The van der Waals surface area contributed by atoms with Crippen LogP contribution in [0.4, 0.5) is 0 Å². The molecule has 0 spiro atoms. The van der Waals surface area contributed by atoms with Crippen LogP contribution in [0.15, 0.2) is 36.7 Å². The second-order valence-corrected chi connectivity index (χ2v) is 6.94. The number of pyridine rings is 1. The highest BCUT2D eigenvalue weighted by Gasteiger charge is 2.32. The summed E-state index contributed by atoms with van der Waals surface area (Å²) in [5.41, 5.74) is 3.18. The summed E-state index contributed by atoms with van der Waals surface area (Å²) in [6.45, 7) is 4.67. The predicted molar refractivity (Wildman–Crippen MR) is 101 cm³/mol. The van der Waals surface area contributed by atoms with Crippen molar-refractivity contribution in [1.82, 2.24) is 9.88 Å². The maximum atomic E-state index is 12.9. The number of carboxylic acids is 1. The molecule has 1 aromatic carbocycles. The van der Waals surface area contributed by atoms with Gasteiger partial charge in [-0.25, -0.2) is 4.79 Å². The second-order valence-electron chi connectivity index (χ2n) is 6.94. The minimum Gasteiger partial charge on any atom is -0.488 e. The van der Waals surface area contributed by atoms with Crippen molar-refractivity contribution in [2.45, 2.75) is 45.8 Å². The Bertz CT molecular complexity index is 812. The molecule has 3 rings (SSSR count). The molecule has 0 bridgehead atoms. The van der Waals surface area contributed by atoms with Crippen molar-refractivity contribution in [1.29, 1.82) is 0 Å². The zero-order chi connectivity index (χ0) is 19.4. The maximum Gasteiger partial charge on any atom is 0.326 e. The number of rotatable bonds is 5. The van der Waals surface area contributed by atoms with Gasteiger partial charge in [0.2, 0.25) is 0 Å². The van der Waals surface area contributed by atoms with E-state index in [4.69, 9.17) is 4.74 Å². The largest absolute Gasteiger partial charge is 0.488 e. The standard InChI is InChI=1S/C21H24N2O4/c1-14-10-17(20(24)23-9-4-3-7-18(23)21(25)26)11-15(2)19(14)27-13-16-6-5-8-22-12-16/h5-6,8,10-12,18H,3-4,7,9,13H2,1-2H3,(H,25,26)/t18-/m1/s1. The molecule has 1 aliphatic heterocycles. The first kappa shape index (κ1) is 18.9. The van der Waals surface area contributed by atoms with E-state index in [2.05, 4.69) is 4.98 Å². The van der Waals surface area contributed by atoms with Crippen molar-refractivity contribution >= 4 is 11.9 Å². The number of likely N-dealkylation sites (tertiary alicyclic amines) is 1. The van der Waals surface area contributed by atoms with Crippen LogP contribution in [0.5, 0.6) is 5.75 Å². The molecule has 1 atom stereocenters. The summed E-state index contributed by atoms with van der Waals surface area (Å²) in [5.74, 6) is -0.427. The van der Waals surface area contributed by atoms with Crippen molar-refractivity contribution in [2.75, 3.05) is 6.54 Å². The van der Waals surface area contributed by atoms with Crippen molar-refractivity contribution in [3.05, 3.63) is 58.9 Å². The highest BCUT2D eigenvalue weighted by atomic mass is 16.5. The lowest BCUT2D eigenvalue weighted by Crippen LogP contribution is -2.48. The molecule has 6 heteroatoms. The van der Waals surface area contributed by atoms with Gasteiger partial charge in [0, 0.05) is 30.1 Å². The van der Waals surface area contributed by atoms with Gasteiger partial charge in [0.15, 0.2) is 0 Å². The van der Waals surface area contributed by atoms with Gasteiger partial charge < -0.3 is 14.7 Å². The van der Waals surface area contributed by atoms with E-state index in [1.165, 1.54) is 4.90 Å². The van der Waals surface area contributed by atoms with Gasteiger partial charge in [-0.05, 0) is 62.4 Å². The van der Waals surface area contributed by atoms with Crippen molar-refractivity contribution in [2.24, 2.45) is 0 Å². The van der Waals surface area contributed by atoms with Gasteiger partial charge in [-0.2, -0.15) is 0 Å². The Morgan fingerprint density at radius 3 is 2.63 bits per heavy atom. The predicted octanol–water partition coefficient (Wildman–Crippen LogP) is 3.36. The lowest BCUT2D eigenvalue weighted by Gasteiger charge is -2.33. The SMILES string of the molecule is Cc1cc(C(=O)N2CCCC[C@@H]2C(=O)O)cc(C)c1OCc1cccnc1. The number of hydrogen-bond acceptors (Lipinski definition) is 4. The molecule has 1 aliphatic rings. The molecule has 0 aliphatic carbocycles. The molecule has 0 radical (unpaired) electrons. The van der Waals surface area contributed by atoms with E-state index < -0.39 is 12.0 Å². The van der Waals surface area contributed by atoms with E-state index in [-0.39, 0.29) is 5.91 Å². The minimum absolute atomic E-state index is 0.230. The van der Waals surface area contributed by atoms with Crippen molar-refractivity contribution in [3.8, 4) is 5.75 Å². The fourth-order valence-electron chi connectivity index (χ4n) is 3.54. The first-order valence-corrected chi connectivity index (χ1v) is 9.14. The van der Waals surface area contributed by atoms with E-state index in [1.54, 1.807) is 24.5 Å². The average Bonchev–Trinajstić information content (AvgIpc) is 2.67. The molecule has 1 saturated heterocycles. The third-order valence-electron chi connectivity index (χ3n) is 4.86. The second kappa shape index (κ2) is 8.20. The number of amides is 1. The summed E-state index contributed by atoms with van der Waals surface area (Å²) < 4.78 is 5.93. The Morgan fingerprint density at radius 1 is 1.26 bits per heavy atom. The molecule has 142 valence electrons. The molecule has 1 amide bonds. The van der Waals surface area contributed by atoms with E-state index in [0.29, 0.717) is 25.1 Å². The Kier molecular flexibility index (Phi) is 5.74. The summed E-state index contributed by atoms with van der Waals surface area (Å²) in [6.07, 6.45) is 5.64. The number of ether oxygens (including phenoxy) is 1. The van der Waals surface area contributed by atoms with Crippen LogP contribution in [0.3, 0.4) is 0 Å². The number of hydrogen-bond donors (Lipinski definition) is 1. The number of carbonyl (C=O) groups excluding carboxylic acids is 1. The molecule has 0 unspecified atom stereocenters. The lowest BCUT2D eigenvalue weighted by atomic mass is 9.99. The summed E-state index contributed by atoms with van der Waals surface area (Å²) >= 11 is 0. The number of aliphatic carboxylic acids is 1. The highest BCUT2D eigenvalue weighted by molar-refractivity contribution is 5.97. The zero-order valence-corrected chi connectivity index (χ0v) is 15.6. The zero-order valence-electron chi connectivity index (χ0n) is 15.6. The quantitative estimate of drug-likeness (QED) is 0.875. The number of aromatic nitrogens is 1. The maximum absolute atomic E-state index is 12.9. The molecule has 1 fully saturated rings. The summed E-state index contributed by atoms with van der Waals surface area (Å²) in [7, 11) is 0. The van der Waals surface area contributed by atoms with Crippen LogP contribution in [-0.4, -0.2) is 39.5 Å². The van der Waals surface area contributed by atoms with Gasteiger partial charge in [0.05, 0.1) is 0 Å². The Morgan fingerprint density at radius 2 is 2.00 bits per heavy atom. The monoisotopic (exact) mass is 368 g/mol. The van der Waals surface area contributed by atoms with E-state index in [9.17, 15) is 14.7 Å². The van der Waals surface area contributed by atoms with Crippen LogP contribution in [0.1, 0.15) is 46.3 Å². The average molecular weight is 368 g/mol. The van der Waals surface area contributed by atoms with E-state index >= 15 is 0 Å². The topological polar surface area (TPSA) is 79.7 Å². The Labute approximate surface area is 158 Å². The van der Waals surface area contributed by atoms with Crippen LogP contribution in [-0.2, 0) is 11.4 Å². The van der Waals surface area contributed by atoms with Crippen molar-refractivity contribution in [3.63, 3.8) is 0 Å². The smallest absolute Gasteiger partial charge is 0.326 e. The van der Waals surface area contributed by atoms with Crippen molar-refractivity contribution < 1.29 is 19.4 Å². The van der Waals surface area contributed by atoms with Gasteiger partial charge in [0.25, 0.3) is 5.91 Å². The van der Waals surface area contributed by atoms with Gasteiger partial charge in [-0.3, -0.25) is 9.78 Å². The first-order chi connectivity index (χ1) is 13.0. The van der Waals surface area contributed by atoms with Gasteiger partial charge in [-0.1, -0.05) is 6.07 Å². The normalized spacial score (nSPS) is 16.8. The Hall–Kier alpha value is -2.89. The number of carboxylic acid groups (broad SMARTS) is 1. The number of carbonyl (C=O) groups is 2.